The summed E-state index contributed by atoms with van der Waals surface area (Å²) >= 11 is 1.75. The third-order valence-corrected chi connectivity index (χ3v) is 5.53. The maximum Gasteiger partial charge on any atom is 0.338 e. The minimum Gasteiger partial charge on any atom is -0.452 e. The van der Waals surface area contributed by atoms with E-state index in [0.29, 0.717) is 17.5 Å². The van der Waals surface area contributed by atoms with Crippen molar-refractivity contribution in [3.63, 3.8) is 0 Å². The zero-order valence-electron chi connectivity index (χ0n) is 15.8. The zero-order chi connectivity index (χ0) is 20.1. The Hall–Kier alpha value is -2.80. The standard InChI is InChI=1S/C21H22N2O4S/c1-14-10-11-23(18-8-3-4-9-19(18)28-14)20(25)13-27-21(26)16-6-5-7-17(12-16)22-15(2)24/h3-9,12,14H,10-11,13H2,1-2H3,(H,22,24)/t14-/m1/s1. The number of rotatable bonds is 4. The average Bonchev–Trinajstić information content (AvgIpc) is 2.83. The summed E-state index contributed by atoms with van der Waals surface area (Å²) in [4.78, 5) is 39.0. The third kappa shape index (κ3) is 4.92. The first-order valence-corrected chi connectivity index (χ1v) is 9.93. The lowest BCUT2D eigenvalue weighted by Gasteiger charge is -2.22. The van der Waals surface area contributed by atoms with Crippen molar-refractivity contribution in [1.82, 2.24) is 0 Å². The molecule has 0 radical (unpaired) electrons. The molecule has 0 fully saturated rings. The van der Waals surface area contributed by atoms with Gasteiger partial charge in [-0.1, -0.05) is 25.1 Å². The number of thioether (sulfide) groups is 1. The van der Waals surface area contributed by atoms with Gasteiger partial charge in [-0.05, 0) is 36.8 Å². The lowest BCUT2D eigenvalue weighted by atomic mass is 10.2. The van der Waals surface area contributed by atoms with E-state index in [1.54, 1.807) is 34.9 Å². The molecule has 2 aromatic carbocycles. The Morgan fingerprint density at radius 3 is 2.75 bits per heavy atom. The quantitative estimate of drug-likeness (QED) is 0.795. The summed E-state index contributed by atoms with van der Waals surface area (Å²) in [6.45, 7) is 3.77. The van der Waals surface area contributed by atoms with Crippen LogP contribution < -0.4 is 10.2 Å². The summed E-state index contributed by atoms with van der Waals surface area (Å²) < 4.78 is 5.24. The van der Waals surface area contributed by atoms with Crippen LogP contribution in [-0.2, 0) is 14.3 Å². The predicted octanol–water partition coefficient (Wildman–Crippen LogP) is 3.72. The van der Waals surface area contributed by atoms with Gasteiger partial charge in [-0.2, -0.15) is 0 Å². The number of amides is 2. The highest BCUT2D eigenvalue weighted by Gasteiger charge is 2.25. The molecule has 0 aliphatic carbocycles. The number of ether oxygens (including phenoxy) is 1. The number of carbonyl (C=O) groups is 3. The fourth-order valence-corrected chi connectivity index (χ4v) is 4.07. The van der Waals surface area contributed by atoms with Gasteiger partial charge < -0.3 is 15.0 Å². The van der Waals surface area contributed by atoms with Gasteiger partial charge in [0.1, 0.15) is 0 Å². The van der Waals surface area contributed by atoms with Crippen molar-refractivity contribution in [3.8, 4) is 0 Å². The average molecular weight is 398 g/mol. The molecule has 0 bridgehead atoms. The molecule has 6 nitrogen and oxygen atoms in total. The number of hydrogen-bond donors (Lipinski definition) is 1. The van der Waals surface area contributed by atoms with E-state index in [4.69, 9.17) is 4.74 Å². The van der Waals surface area contributed by atoms with E-state index in [0.717, 1.165) is 17.0 Å². The topological polar surface area (TPSA) is 75.7 Å². The van der Waals surface area contributed by atoms with Crippen LogP contribution in [0, 0.1) is 0 Å². The Morgan fingerprint density at radius 1 is 1.18 bits per heavy atom. The van der Waals surface area contributed by atoms with Gasteiger partial charge in [0.25, 0.3) is 5.91 Å². The van der Waals surface area contributed by atoms with E-state index in [9.17, 15) is 14.4 Å². The number of hydrogen-bond acceptors (Lipinski definition) is 5. The molecule has 3 rings (SSSR count). The zero-order valence-corrected chi connectivity index (χ0v) is 16.6. The van der Waals surface area contributed by atoms with Crippen molar-refractivity contribution in [3.05, 3.63) is 54.1 Å². The molecule has 0 spiro atoms. The van der Waals surface area contributed by atoms with Gasteiger partial charge in [-0.25, -0.2) is 4.79 Å². The fourth-order valence-electron chi connectivity index (χ4n) is 2.96. The minimum absolute atomic E-state index is 0.229. The summed E-state index contributed by atoms with van der Waals surface area (Å²) in [5, 5.41) is 3.02. The molecule has 1 aliphatic heterocycles. The molecule has 0 saturated heterocycles. The highest BCUT2D eigenvalue weighted by molar-refractivity contribution is 8.00. The Labute approximate surface area is 168 Å². The number of carbonyl (C=O) groups excluding carboxylic acids is 3. The van der Waals surface area contributed by atoms with Gasteiger partial charge in [0.15, 0.2) is 6.61 Å². The van der Waals surface area contributed by atoms with E-state index in [-0.39, 0.29) is 24.0 Å². The largest absolute Gasteiger partial charge is 0.452 e. The number of para-hydroxylation sites is 1. The first-order chi connectivity index (χ1) is 13.4. The molecule has 28 heavy (non-hydrogen) atoms. The van der Waals surface area contributed by atoms with Crippen LogP contribution in [-0.4, -0.2) is 36.2 Å². The monoisotopic (exact) mass is 398 g/mol. The highest BCUT2D eigenvalue weighted by atomic mass is 32.2. The molecule has 1 heterocycles. The second kappa shape index (κ2) is 8.93. The van der Waals surface area contributed by atoms with Crippen molar-refractivity contribution in [2.75, 3.05) is 23.4 Å². The Morgan fingerprint density at radius 2 is 1.96 bits per heavy atom. The summed E-state index contributed by atoms with van der Waals surface area (Å²) in [7, 11) is 0. The number of fused-ring (bicyclic) bond motifs is 1. The smallest absolute Gasteiger partial charge is 0.338 e. The van der Waals surface area contributed by atoms with Gasteiger partial charge >= 0.3 is 5.97 Å². The first-order valence-electron chi connectivity index (χ1n) is 9.05. The Balaban J connectivity index is 1.67. The van der Waals surface area contributed by atoms with E-state index in [1.807, 2.05) is 24.3 Å². The summed E-state index contributed by atoms with van der Waals surface area (Å²) in [5.74, 6) is -1.09. The van der Waals surface area contributed by atoms with Crippen molar-refractivity contribution in [2.24, 2.45) is 0 Å². The number of anilines is 2. The fraction of sp³-hybridized carbons (Fsp3) is 0.286. The van der Waals surface area contributed by atoms with Crippen LogP contribution in [0.3, 0.4) is 0 Å². The van der Waals surface area contributed by atoms with Crippen molar-refractivity contribution in [2.45, 2.75) is 30.4 Å². The Bertz CT molecular complexity index is 899. The molecule has 2 amide bonds. The van der Waals surface area contributed by atoms with Crippen molar-refractivity contribution in [1.29, 1.82) is 0 Å². The number of benzene rings is 2. The summed E-state index contributed by atoms with van der Waals surface area (Å²) in [6, 6.07) is 14.2. The van der Waals surface area contributed by atoms with E-state index in [1.165, 1.54) is 13.0 Å². The molecule has 0 saturated carbocycles. The van der Waals surface area contributed by atoms with Crippen LogP contribution in [0.2, 0.25) is 0 Å². The number of esters is 1. The molecule has 1 N–H and O–H groups in total. The Kier molecular flexibility index (Phi) is 6.36. The molecule has 1 atom stereocenters. The molecule has 146 valence electrons. The molecule has 0 aromatic heterocycles. The lowest BCUT2D eigenvalue weighted by molar-refractivity contribution is -0.121. The van der Waals surface area contributed by atoms with E-state index < -0.39 is 5.97 Å². The maximum absolute atomic E-state index is 12.8. The van der Waals surface area contributed by atoms with Crippen LogP contribution in [0.4, 0.5) is 11.4 Å². The van der Waals surface area contributed by atoms with Crippen molar-refractivity contribution < 1.29 is 19.1 Å². The van der Waals surface area contributed by atoms with Gasteiger partial charge in [0, 0.05) is 29.3 Å². The van der Waals surface area contributed by atoms with Crippen LogP contribution in [0.15, 0.2) is 53.4 Å². The molecule has 1 aliphatic rings. The van der Waals surface area contributed by atoms with E-state index >= 15 is 0 Å². The minimum atomic E-state index is -0.605. The third-order valence-electron chi connectivity index (χ3n) is 4.29. The summed E-state index contributed by atoms with van der Waals surface area (Å²) in [5.41, 5.74) is 1.63. The number of nitrogens with one attached hydrogen (secondary N) is 1. The highest BCUT2D eigenvalue weighted by Crippen LogP contribution is 2.37. The molecule has 7 heteroatoms. The second-order valence-electron chi connectivity index (χ2n) is 6.57. The van der Waals surface area contributed by atoms with Crippen LogP contribution in [0.5, 0.6) is 0 Å². The molecule has 0 unspecified atom stereocenters. The molecule has 2 aromatic rings. The lowest BCUT2D eigenvalue weighted by Crippen LogP contribution is -2.35. The van der Waals surface area contributed by atoms with Gasteiger partial charge in [0.05, 0.1) is 11.3 Å². The van der Waals surface area contributed by atoms with Crippen LogP contribution in [0.1, 0.15) is 30.6 Å². The van der Waals surface area contributed by atoms with Crippen LogP contribution in [0.25, 0.3) is 0 Å². The predicted molar refractivity (Wildman–Crippen MR) is 110 cm³/mol. The molecular formula is C21H22N2O4S. The van der Waals surface area contributed by atoms with Crippen molar-refractivity contribution >= 4 is 40.9 Å². The van der Waals surface area contributed by atoms with Gasteiger partial charge in [-0.15, -0.1) is 11.8 Å². The maximum atomic E-state index is 12.8. The van der Waals surface area contributed by atoms with Gasteiger partial charge in [-0.3, -0.25) is 9.59 Å². The first kappa shape index (κ1) is 19.9. The summed E-state index contributed by atoms with van der Waals surface area (Å²) in [6.07, 6.45) is 0.859. The van der Waals surface area contributed by atoms with Crippen LogP contribution >= 0.6 is 11.8 Å². The molecular weight excluding hydrogens is 376 g/mol. The van der Waals surface area contributed by atoms with Gasteiger partial charge in [0.2, 0.25) is 5.91 Å². The normalized spacial score (nSPS) is 15.9. The SMILES string of the molecule is CC(=O)Nc1cccc(C(=O)OCC(=O)N2CC[C@@H](C)Sc3ccccc32)c1. The second-order valence-corrected chi connectivity index (χ2v) is 8.05. The van der Waals surface area contributed by atoms with E-state index in [2.05, 4.69) is 12.2 Å². The number of nitrogens with zero attached hydrogens (tertiary/aromatic N) is 1.